The van der Waals surface area contributed by atoms with Crippen LogP contribution in [0, 0.1) is 12.8 Å². The number of aromatic nitrogens is 2. The van der Waals surface area contributed by atoms with Crippen molar-refractivity contribution in [2.45, 2.75) is 38.6 Å². The number of rotatable bonds is 5. The van der Waals surface area contributed by atoms with Gasteiger partial charge in [0, 0.05) is 30.3 Å². The fourth-order valence-electron chi connectivity index (χ4n) is 4.71. The van der Waals surface area contributed by atoms with Crippen molar-refractivity contribution in [1.29, 1.82) is 0 Å². The van der Waals surface area contributed by atoms with Crippen LogP contribution in [-0.2, 0) is 0 Å². The molecule has 0 aliphatic carbocycles. The number of carbonyl (C=O) groups is 1. The SMILES string of the molecule is Cc1c[nH]nc(C(=O)N2CCC[C@@H]2[C@H](C)C(c2ccccc2)c2ccccc2)c1=O. The van der Waals surface area contributed by atoms with Crippen LogP contribution in [0.2, 0.25) is 0 Å². The van der Waals surface area contributed by atoms with Crippen LogP contribution in [0.25, 0.3) is 0 Å². The first-order valence-electron chi connectivity index (χ1n) is 10.5. The lowest BCUT2D eigenvalue weighted by Gasteiger charge is -2.35. The molecule has 5 nitrogen and oxygen atoms in total. The number of aromatic amines is 1. The molecule has 1 N–H and O–H groups in total. The zero-order valence-corrected chi connectivity index (χ0v) is 17.4. The van der Waals surface area contributed by atoms with Gasteiger partial charge in [-0.25, -0.2) is 0 Å². The maximum Gasteiger partial charge on any atom is 0.278 e. The molecule has 1 aromatic heterocycles. The summed E-state index contributed by atoms with van der Waals surface area (Å²) in [6.07, 6.45) is 3.39. The standard InChI is InChI=1S/C25H27N3O2/c1-17-16-26-27-23(24(17)29)25(30)28-15-9-14-21(28)18(2)22(19-10-5-3-6-11-19)20-12-7-4-8-13-20/h3-8,10-13,16,18,21-22H,9,14-15H2,1-2H3,(H,26,29)/t18-,21+/m0/s1. The van der Waals surface area contributed by atoms with Crippen molar-refractivity contribution in [2.75, 3.05) is 6.54 Å². The maximum absolute atomic E-state index is 13.3. The fourth-order valence-corrected chi connectivity index (χ4v) is 4.71. The molecular formula is C25H27N3O2. The van der Waals surface area contributed by atoms with E-state index in [9.17, 15) is 9.59 Å². The minimum Gasteiger partial charge on any atom is -0.334 e. The second-order valence-corrected chi connectivity index (χ2v) is 8.11. The van der Waals surface area contributed by atoms with Gasteiger partial charge >= 0.3 is 0 Å². The summed E-state index contributed by atoms with van der Waals surface area (Å²) in [5, 5.41) is 6.71. The van der Waals surface area contributed by atoms with E-state index in [0.717, 1.165) is 12.8 Å². The van der Waals surface area contributed by atoms with Gasteiger partial charge in [-0.05, 0) is 36.8 Å². The highest BCUT2D eigenvalue weighted by molar-refractivity contribution is 5.92. The highest BCUT2D eigenvalue weighted by Gasteiger charge is 2.38. The summed E-state index contributed by atoms with van der Waals surface area (Å²) in [4.78, 5) is 27.6. The molecule has 0 saturated carbocycles. The van der Waals surface area contributed by atoms with Crippen molar-refractivity contribution in [3.05, 3.63) is 99.5 Å². The van der Waals surface area contributed by atoms with Crippen LogP contribution in [0.5, 0.6) is 0 Å². The zero-order chi connectivity index (χ0) is 21.1. The molecule has 1 saturated heterocycles. The normalized spacial score (nSPS) is 17.3. The van der Waals surface area contributed by atoms with Gasteiger partial charge in [0.2, 0.25) is 5.43 Å². The summed E-state index contributed by atoms with van der Waals surface area (Å²) in [5.74, 6) is 0.0777. The lowest BCUT2D eigenvalue weighted by molar-refractivity contribution is 0.0677. The third-order valence-electron chi connectivity index (χ3n) is 6.24. The van der Waals surface area contributed by atoms with Crippen LogP contribution >= 0.6 is 0 Å². The minimum atomic E-state index is -0.292. The Hall–Kier alpha value is -3.21. The summed E-state index contributed by atoms with van der Waals surface area (Å²) >= 11 is 0. The van der Waals surface area contributed by atoms with E-state index in [1.807, 2.05) is 17.0 Å². The van der Waals surface area contributed by atoms with Crippen molar-refractivity contribution in [3.63, 3.8) is 0 Å². The zero-order valence-electron chi connectivity index (χ0n) is 17.4. The molecule has 5 heteroatoms. The molecule has 2 aromatic carbocycles. The van der Waals surface area contributed by atoms with Gasteiger partial charge in [-0.2, -0.15) is 5.10 Å². The lowest BCUT2D eigenvalue weighted by atomic mass is 9.77. The Labute approximate surface area is 176 Å². The summed E-state index contributed by atoms with van der Waals surface area (Å²) in [6.45, 7) is 4.57. The van der Waals surface area contributed by atoms with Crippen molar-refractivity contribution in [3.8, 4) is 0 Å². The van der Waals surface area contributed by atoms with Gasteiger partial charge in [-0.15, -0.1) is 0 Å². The molecule has 1 aliphatic heterocycles. The van der Waals surface area contributed by atoms with E-state index in [2.05, 4.69) is 65.7 Å². The molecule has 30 heavy (non-hydrogen) atoms. The number of aryl methyl sites for hydroxylation is 1. The van der Waals surface area contributed by atoms with Crippen LogP contribution in [0.15, 0.2) is 71.7 Å². The van der Waals surface area contributed by atoms with E-state index >= 15 is 0 Å². The summed E-state index contributed by atoms with van der Waals surface area (Å²) < 4.78 is 0. The molecule has 4 rings (SSSR count). The Bertz CT molecular complexity index is 1020. The van der Waals surface area contributed by atoms with Gasteiger partial charge in [0.25, 0.3) is 5.91 Å². The molecule has 0 bridgehead atoms. The number of nitrogens with one attached hydrogen (secondary N) is 1. The van der Waals surface area contributed by atoms with E-state index in [4.69, 9.17) is 0 Å². The van der Waals surface area contributed by atoms with Gasteiger partial charge in [-0.1, -0.05) is 67.6 Å². The number of amides is 1. The van der Waals surface area contributed by atoms with Crippen LogP contribution in [0.4, 0.5) is 0 Å². The molecule has 2 atom stereocenters. The molecule has 0 spiro atoms. The largest absolute Gasteiger partial charge is 0.334 e. The molecule has 1 fully saturated rings. The van der Waals surface area contributed by atoms with Gasteiger partial charge in [0.05, 0.1) is 0 Å². The molecule has 154 valence electrons. The van der Waals surface area contributed by atoms with Gasteiger partial charge in [0.1, 0.15) is 0 Å². The highest BCUT2D eigenvalue weighted by atomic mass is 16.2. The fraction of sp³-hybridized carbons (Fsp3) is 0.320. The first-order chi connectivity index (χ1) is 14.6. The van der Waals surface area contributed by atoms with Gasteiger partial charge in [-0.3, -0.25) is 14.7 Å². The second-order valence-electron chi connectivity index (χ2n) is 8.11. The maximum atomic E-state index is 13.3. The Balaban J connectivity index is 1.69. The number of benzene rings is 2. The summed E-state index contributed by atoms with van der Waals surface area (Å²) in [7, 11) is 0. The predicted octanol–water partition coefficient (Wildman–Crippen LogP) is 4.15. The van der Waals surface area contributed by atoms with Crippen molar-refractivity contribution < 1.29 is 4.79 Å². The lowest BCUT2D eigenvalue weighted by Crippen LogP contribution is -2.43. The van der Waals surface area contributed by atoms with Crippen molar-refractivity contribution >= 4 is 5.91 Å². The molecule has 2 heterocycles. The van der Waals surface area contributed by atoms with E-state index in [1.54, 1.807) is 6.92 Å². The van der Waals surface area contributed by atoms with E-state index in [1.165, 1.54) is 17.3 Å². The average Bonchev–Trinajstić information content (AvgIpc) is 3.27. The Kier molecular flexibility index (Phi) is 5.79. The second kappa shape index (κ2) is 8.66. The third kappa shape index (κ3) is 3.80. The van der Waals surface area contributed by atoms with Crippen LogP contribution in [-0.4, -0.2) is 33.6 Å². The van der Waals surface area contributed by atoms with Gasteiger partial charge in [0.15, 0.2) is 5.69 Å². The topological polar surface area (TPSA) is 66.1 Å². The Morgan fingerprint density at radius 2 is 1.67 bits per heavy atom. The summed E-state index contributed by atoms with van der Waals surface area (Å²) in [6, 6.07) is 21.0. The number of H-pyrrole nitrogens is 1. The van der Waals surface area contributed by atoms with Crippen LogP contribution in [0.3, 0.4) is 0 Å². The number of nitrogens with zero attached hydrogens (tertiary/aromatic N) is 2. The third-order valence-corrected chi connectivity index (χ3v) is 6.24. The van der Waals surface area contributed by atoms with Crippen LogP contribution in [0.1, 0.15) is 52.9 Å². The van der Waals surface area contributed by atoms with Gasteiger partial charge < -0.3 is 4.90 Å². The smallest absolute Gasteiger partial charge is 0.278 e. The first-order valence-corrected chi connectivity index (χ1v) is 10.5. The monoisotopic (exact) mass is 401 g/mol. The summed E-state index contributed by atoms with van der Waals surface area (Å²) in [5.41, 5.74) is 2.68. The predicted molar refractivity (Wildman–Crippen MR) is 118 cm³/mol. The molecular weight excluding hydrogens is 374 g/mol. The quantitative estimate of drug-likeness (QED) is 0.698. The van der Waals surface area contributed by atoms with E-state index < -0.39 is 0 Å². The molecule has 3 aromatic rings. The molecule has 0 radical (unpaired) electrons. The van der Waals surface area contributed by atoms with E-state index in [0.29, 0.717) is 12.1 Å². The van der Waals surface area contributed by atoms with E-state index in [-0.39, 0.29) is 34.9 Å². The number of likely N-dealkylation sites (tertiary alicyclic amines) is 1. The van der Waals surface area contributed by atoms with Crippen molar-refractivity contribution in [2.24, 2.45) is 5.92 Å². The first kappa shape index (κ1) is 20.1. The average molecular weight is 402 g/mol. The Morgan fingerprint density at radius 1 is 1.07 bits per heavy atom. The molecule has 1 aliphatic rings. The van der Waals surface area contributed by atoms with Crippen LogP contribution < -0.4 is 5.43 Å². The number of hydrogen-bond donors (Lipinski definition) is 1. The highest BCUT2D eigenvalue weighted by Crippen LogP contribution is 2.38. The number of hydrogen-bond acceptors (Lipinski definition) is 3. The molecule has 0 unspecified atom stereocenters. The molecule has 1 amide bonds. The minimum absolute atomic E-state index is 0.00919. The Morgan fingerprint density at radius 3 is 2.27 bits per heavy atom. The van der Waals surface area contributed by atoms with Crippen molar-refractivity contribution in [1.82, 2.24) is 15.1 Å². The number of carbonyl (C=O) groups excluding carboxylic acids is 1.